The van der Waals surface area contributed by atoms with Crippen molar-refractivity contribution < 1.29 is 9.59 Å². The van der Waals surface area contributed by atoms with Crippen molar-refractivity contribution in [1.82, 2.24) is 10.6 Å². The van der Waals surface area contributed by atoms with E-state index in [-0.39, 0.29) is 28.9 Å². The van der Waals surface area contributed by atoms with Gasteiger partial charge < -0.3 is 21.3 Å². The largest absolute Gasteiger partial charge is 0.337 e. The van der Waals surface area contributed by atoms with Gasteiger partial charge in [-0.1, -0.05) is 32.9 Å². The maximum Gasteiger partial charge on any atom is 0.319 e. The topological polar surface area (TPSA) is 82.3 Å². The summed E-state index contributed by atoms with van der Waals surface area (Å²) in [6.07, 6.45) is 6.69. The van der Waals surface area contributed by atoms with E-state index in [1.165, 1.54) is 0 Å². The van der Waals surface area contributed by atoms with Gasteiger partial charge in [0.15, 0.2) is 0 Å². The Kier molecular flexibility index (Phi) is 8.82. The van der Waals surface area contributed by atoms with Crippen LogP contribution in [0.25, 0.3) is 0 Å². The van der Waals surface area contributed by atoms with Gasteiger partial charge in [-0.3, -0.25) is 0 Å². The number of anilines is 2. The molecule has 2 atom stereocenters. The van der Waals surface area contributed by atoms with Gasteiger partial charge in [0.1, 0.15) is 0 Å². The Morgan fingerprint density at radius 3 is 2.00 bits per heavy atom. The van der Waals surface area contributed by atoms with Crippen LogP contribution in [0.2, 0.25) is 0 Å². The molecular formula is C26H36N4O2S2. The number of rotatable bonds is 7. The fourth-order valence-corrected chi connectivity index (χ4v) is 6.01. The monoisotopic (exact) mass is 500 g/mol. The van der Waals surface area contributed by atoms with Crippen LogP contribution in [0.1, 0.15) is 40.0 Å². The first kappa shape index (κ1) is 26.3. The van der Waals surface area contributed by atoms with Crippen molar-refractivity contribution in [2.24, 2.45) is 10.8 Å². The van der Waals surface area contributed by atoms with E-state index in [1.54, 1.807) is 23.5 Å². The minimum atomic E-state index is -0.209. The molecule has 0 radical (unpaired) electrons. The van der Waals surface area contributed by atoms with Gasteiger partial charge in [-0.15, -0.1) is 23.5 Å². The number of urea groups is 2. The van der Waals surface area contributed by atoms with Crippen LogP contribution in [0, 0.1) is 10.8 Å². The first-order chi connectivity index (χ1) is 16.1. The van der Waals surface area contributed by atoms with Crippen molar-refractivity contribution in [2.45, 2.75) is 55.9 Å². The van der Waals surface area contributed by atoms with E-state index in [4.69, 9.17) is 0 Å². The summed E-state index contributed by atoms with van der Waals surface area (Å²) in [6, 6.07) is 15.2. The molecule has 0 spiro atoms. The first-order valence-electron chi connectivity index (χ1n) is 11.5. The van der Waals surface area contributed by atoms with E-state index in [0.717, 1.165) is 40.4 Å². The third-order valence-corrected chi connectivity index (χ3v) is 7.56. The van der Waals surface area contributed by atoms with Crippen LogP contribution >= 0.6 is 23.5 Å². The molecule has 0 bridgehead atoms. The van der Waals surface area contributed by atoms with Gasteiger partial charge in [-0.2, -0.15) is 0 Å². The minimum absolute atomic E-state index is 0.0283. The van der Waals surface area contributed by atoms with Crippen molar-refractivity contribution in [3.05, 3.63) is 48.5 Å². The summed E-state index contributed by atoms with van der Waals surface area (Å²) in [5.41, 5.74) is 1.48. The molecule has 0 aliphatic heterocycles. The molecule has 1 saturated carbocycles. The molecule has 3 rings (SSSR count). The summed E-state index contributed by atoms with van der Waals surface area (Å²) < 4.78 is 0. The standard InChI is InChI=1S/C26H36N4O2S2/c1-25(2)14-20(30-24(32)29-19-9-7-11-22(13-19)34-5)15-26(3,16-25)17-27-23(31)28-18-8-6-10-21(12-18)33-4/h6-13,20H,14-17H2,1-5H3,(H2,27,28,31)(H2,29,30,32)/t20-,26+/m0/s1. The van der Waals surface area contributed by atoms with Crippen molar-refractivity contribution in [3.8, 4) is 0 Å². The molecule has 2 aromatic rings. The highest BCUT2D eigenvalue weighted by atomic mass is 32.2. The number of carbonyl (C=O) groups excluding carboxylic acids is 2. The molecule has 1 aliphatic carbocycles. The number of hydrogen-bond acceptors (Lipinski definition) is 4. The zero-order valence-electron chi connectivity index (χ0n) is 20.7. The fourth-order valence-electron chi connectivity index (χ4n) is 5.09. The summed E-state index contributed by atoms with van der Waals surface area (Å²) in [4.78, 5) is 27.5. The van der Waals surface area contributed by atoms with Crippen LogP contribution in [-0.4, -0.2) is 37.2 Å². The second-order valence-electron chi connectivity index (χ2n) is 10.1. The normalized spacial score (nSPS) is 21.4. The van der Waals surface area contributed by atoms with Crippen molar-refractivity contribution in [2.75, 3.05) is 29.7 Å². The second kappa shape index (κ2) is 11.4. The Morgan fingerprint density at radius 2 is 1.44 bits per heavy atom. The second-order valence-corrected chi connectivity index (χ2v) is 11.9. The van der Waals surface area contributed by atoms with E-state index >= 15 is 0 Å². The lowest BCUT2D eigenvalue weighted by Crippen LogP contribution is -2.51. The number of thioether (sulfide) groups is 2. The lowest BCUT2D eigenvalue weighted by molar-refractivity contribution is 0.0761. The van der Waals surface area contributed by atoms with Crippen molar-refractivity contribution >= 4 is 47.0 Å². The van der Waals surface area contributed by atoms with E-state index in [0.29, 0.717) is 6.54 Å². The van der Waals surface area contributed by atoms with Gasteiger partial charge in [-0.25, -0.2) is 9.59 Å². The van der Waals surface area contributed by atoms with Crippen molar-refractivity contribution in [1.29, 1.82) is 0 Å². The highest BCUT2D eigenvalue weighted by Gasteiger charge is 2.41. The molecule has 8 heteroatoms. The van der Waals surface area contributed by atoms with Gasteiger partial charge in [0.2, 0.25) is 0 Å². The van der Waals surface area contributed by atoms with Crippen molar-refractivity contribution in [3.63, 3.8) is 0 Å². The number of amides is 4. The smallest absolute Gasteiger partial charge is 0.319 e. The third kappa shape index (κ3) is 7.87. The zero-order valence-corrected chi connectivity index (χ0v) is 22.3. The average Bonchev–Trinajstić information content (AvgIpc) is 2.76. The molecule has 0 unspecified atom stereocenters. The molecule has 1 aliphatic rings. The van der Waals surface area contributed by atoms with Gasteiger partial charge in [-0.05, 0) is 79.0 Å². The maximum atomic E-state index is 12.7. The quantitative estimate of drug-likeness (QED) is 0.321. The average molecular weight is 501 g/mol. The Balaban J connectivity index is 1.57. The molecular weight excluding hydrogens is 464 g/mol. The van der Waals surface area contributed by atoms with Crippen LogP contribution in [-0.2, 0) is 0 Å². The Labute approximate surface area is 211 Å². The highest BCUT2D eigenvalue weighted by Crippen LogP contribution is 2.45. The number of carbonyl (C=O) groups is 2. The summed E-state index contributed by atoms with van der Waals surface area (Å²) in [6.45, 7) is 7.19. The van der Waals surface area contributed by atoms with E-state index < -0.39 is 0 Å². The molecule has 2 aromatic carbocycles. The lowest BCUT2D eigenvalue weighted by Gasteiger charge is -2.46. The zero-order chi connectivity index (χ0) is 24.8. The van der Waals surface area contributed by atoms with Crippen LogP contribution < -0.4 is 21.3 Å². The summed E-state index contributed by atoms with van der Waals surface area (Å²) >= 11 is 3.28. The summed E-state index contributed by atoms with van der Waals surface area (Å²) in [7, 11) is 0. The van der Waals surface area contributed by atoms with Gasteiger partial charge in [0.25, 0.3) is 0 Å². The number of nitrogens with one attached hydrogen (secondary N) is 4. The predicted molar refractivity (Wildman–Crippen MR) is 145 cm³/mol. The summed E-state index contributed by atoms with van der Waals surface area (Å²) in [5, 5.41) is 12.1. The molecule has 0 saturated heterocycles. The van der Waals surface area contributed by atoms with Crippen LogP contribution in [0.4, 0.5) is 21.0 Å². The lowest BCUT2D eigenvalue weighted by atomic mass is 9.62. The molecule has 184 valence electrons. The van der Waals surface area contributed by atoms with E-state index in [1.807, 2.05) is 61.0 Å². The van der Waals surface area contributed by atoms with Crippen LogP contribution in [0.5, 0.6) is 0 Å². The Bertz CT molecular complexity index is 1010. The molecule has 0 aromatic heterocycles. The summed E-state index contributed by atoms with van der Waals surface area (Å²) in [5.74, 6) is 0. The molecule has 6 nitrogen and oxygen atoms in total. The number of hydrogen-bond donors (Lipinski definition) is 4. The SMILES string of the molecule is CSc1cccc(NC(=O)NC[C@]2(C)C[C@@H](NC(=O)Nc3cccc(SC)c3)CC(C)(C)C2)c1. The highest BCUT2D eigenvalue weighted by molar-refractivity contribution is 7.98. The number of benzene rings is 2. The van der Waals surface area contributed by atoms with E-state index in [9.17, 15) is 9.59 Å². The van der Waals surface area contributed by atoms with E-state index in [2.05, 4.69) is 42.0 Å². The Morgan fingerprint density at radius 1 is 0.882 bits per heavy atom. The minimum Gasteiger partial charge on any atom is -0.337 e. The molecule has 34 heavy (non-hydrogen) atoms. The van der Waals surface area contributed by atoms with Gasteiger partial charge in [0.05, 0.1) is 0 Å². The fraction of sp³-hybridized carbons (Fsp3) is 0.462. The van der Waals surface area contributed by atoms with Gasteiger partial charge in [0, 0.05) is 33.8 Å². The molecule has 4 N–H and O–H groups in total. The molecule has 0 heterocycles. The van der Waals surface area contributed by atoms with Crippen LogP contribution in [0.15, 0.2) is 58.3 Å². The van der Waals surface area contributed by atoms with Gasteiger partial charge >= 0.3 is 12.1 Å². The predicted octanol–water partition coefficient (Wildman–Crippen LogP) is 6.66. The molecule has 1 fully saturated rings. The molecule has 4 amide bonds. The Hall–Kier alpha value is -2.32. The first-order valence-corrected chi connectivity index (χ1v) is 14.0. The maximum absolute atomic E-state index is 12.7. The third-order valence-electron chi connectivity index (χ3n) is 6.11. The van der Waals surface area contributed by atoms with Crippen LogP contribution in [0.3, 0.4) is 0 Å².